The predicted octanol–water partition coefficient (Wildman–Crippen LogP) is 4.58. The Balaban J connectivity index is 1.86. The lowest BCUT2D eigenvalue weighted by molar-refractivity contribution is 0.267. The molecule has 2 aromatic rings. The van der Waals surface area contributed by atoms with E-state index < -0.39 is 0 Å². The van der Waals surface area contributed by atoms with Crippen LogP contribution in [-0.2, 0) is 0 Å². The van der Waals surface area contributed by atoms with Crippen molar-refractivity contribution in [2.45, 2.75) is 39.3 Å². The van der Waals surface area contributed by atoms with Crippen LogP contribution in [0.15, 0.2) is 33.2 Å². The fourth-order valence-corrected chi connectivity index (χ4v) is 2.63. The van der Waals surface area contributed by atoms with Crippen LogP contribution in [0.5, 0.6) is 0 Å². The molecule has 0 saturated carbocycles. The van der Waals surface area contributed by atoms with Crippen molar-refractivity contribution in [1.82, 2.24) is 10.2 Å². The van der Waals surface area contributed by atoms with Crippen LogP contribution in [0, 0.1) is 0 Å². The maximum Gasteiger partial charge on any atom is 0.134 e. The summed E-state index contributed by atoms with van der Waals surface area (Å²) in [5, 5.41) is 4.68. The first-order valence-electron chi connectivity index (χ1n) is 7.60. The van der Waals surface area contributed by atoms with Crippen LogP contribution in [0.25, 0.3) is 11.0 Å². The Labute approximate surface area is 135 Å². The Hall–Kier alpha value is -0.840. The van der Waals surface area contributed by atoms with Crippen LogP contribution < -0.4 is 5.32 Å². The third-order valence-corrected chi connectivity index (χ3v) is 4.44. The molecule has 0 aliphatic heterocycles. The highest BCUT2D eigenvalue weighted by Gasteiger charge is 2.11. The van der Waals surface area contributed by atoms with E-state index in [2.05, 4.69) is 66.1 Å². The largest absolute Gasteiger partial charge is 0.459 e. The molecule has 0 amide bonds. The zero-order chi connectivity index (χ0) is 15.4. The topological polar surface area (TPSA) is 28.4 Å². The molecule has 1 aromatic heterocycles. The Kier molecular flexibility index (Phi) is 5.85. The molecule has 0 fully saturated rings. The minimum absolute atomic E-state index is 0.237. The Morgan fingerprint density at radius 1 is 1.24 bits per heavy atom. The lowest BCUT2D eigenvalue weighted by Gasteiger charge is -2.21. The summed E-state index contributed by atoms with van der Waals surface area (Å²) in [4.78, 5) is 2.37. The number of furan rings is 1. The number of rotatable bonds is 7. The van der Waals surface area contributed by atoms with Crippen molar-refractivity contribution in [2.24, 2.45) is 0 Å². The molecule has 1 heterocycles. The van der Waals surface area contributed by atoms with Crippen molar-refractivity contribution < 1.29 is 4.42 Å². The van der Waals surface area contributed by atoms with Gasteiger partial charge in [-0.1, -0.05) is 15.9 Å². The van der Waals surface area contributed by atoms with E-state index in [0.717, 1.165) is 40.7 Å². The molecular weight excluding hydrogens is 328 g/mol. The third kappa shape index (κ3) is 4.56. The predicted molar refractivity (Wildman–Crippen MR) is 92.7 cm³/mol. The van der Waals surface area contributed by atoms with Crippen LogP contribution in [-0.4, -0.2) is 31.1 Å². The molecule has 3 nitrogen and oxygen atoms in total. The third-order valence-electron chi connectivity index (χ3n) is 3.94. The van der Waals surface area contributed by atoms with Crippen molar-refractivity contribution in [3.8, 4) is 0 Å². The number of hydrogen-bond donors (Lipinski definition) is 1. The Morgan fingerprint density at radius 3 is 2.71 bits per heavy atom. The van der Waals surface area contributed by atoms with Crippen molar-refractivity contribution >= 4 is 26.9 Å². The number of fused-ring (bicyclic) bond motifs is 1. The molecule has 116 valence electrons. The van der Waals surface area contributed by atoms with Gasteiger partial charge in [-0.25, -0.2) is 0 Å². The number of hydrogen-bond acceptors (Lipinski definition) is 3. The summed E-state index contributed by atoms with van der Waals surface area (Å²) in [7, 11) is 2.17. The minimum Gasteiger partial charge on any atom is -0.459 e. The summed E-state index contributed by atoms with van der Waals surface area (Å²) in [6.07, 6.45) is 1.14. The van der Waals surface area contributed by atoms with Crippen molar-refractivity contribution in [3.05, 3.63) is 34.5 Å². The maximum absolute atomic E-state index is 5.91. The zero-order valence-corrected chi connectivity index (χ0v) is 14.9. The van der Waals surface area contributed by atoms with Crippen LogP contribution >= 0.6 is 15.9 Å². The number of halogens is 1. The van der Waals surface area contributed by atoms with Gasteiger partial charge in [-0.15, -0.1) is 0 Å². The average molecular weight is 353 g/mol. The lowest BCUT2D eigenvalue weighted by Crippen LogP contribution is -2.30. The van der Waals surface area contributed by atoms with E-state index in [9.17, 15) is 0 Å². The standard InChI is InChI=1S/C17H25BrN2O/c1-12(2)20(4)9-5-8-19-13(3)17-11-14-10-15(18)6-7-16(14)21-17/h6-7,10-13,19H,5,8-9H2,1-4H3. The van der Waals surface area contributed by atoms with Gasteiger partial charge in [0.05, 0.1) is 6.04 Å². The summed E-state index contributed by atoms with van der Waals surface area (Å²) in [6.45, 7) is 8.72. The monoisotopic (exact) mass is 352 g/mol. The van der Waals surface area contributed by atoms with Gasteiger partial charge in [0.1, 0.15) is 11.3 Å². The fourth-order valence-electron chi connectivity index (χ4n) is 2.25. The molecule has 1 unspecified atom stereocenters. The second-order valence-electron chi connectivity index (χ2n) is 5.93. The van der Waals surface area contributed by atoms with Gasteiger partial charge in [0, 0.05) is 15.9 Å². The van der Waals surface area contributed by atoms with Gasteiger partial charge in [0.25, 0.3) is 0 Å². The fraction of sp³-hybridized carbons (Fsp3) is 0.529. The van der Waals surface area contributed by atoms with Gasteiger partial charge in [0.15, 0.2) is 0 Å². The van der Waals surface area contributed by atoms with E-state index in [1.165, 1.54) is 0 Å². The highest BCUT2D eigenvalue weighted by molar-refractivity contribution is 9.10. The quantitative estimate of drug-likeness (QED) is 0.739. The minimum atomic E-state index is 0.237. The van der Waals surface area contributed by atoms with Crippen LogP contribution in [0.2, 0.25) is 0 Å². The number of benzene rings is 1. The molecule has 1 atom stereocenters. The van der Waals surface area contributed by atoms with Gasteiger partial charge in [-0.3, -0.25) is 0 Å². The summed E-state index contributed by atoms with van der Waals surface area (Å²) >= 11 is 3.49. The molecular formula is C17H25BrN2O. The van der Waals surface area contributed by atoms with Gasteiger partial charge in [0.2, 0.25) is 0 Å². The molecule has 0 spiro atoms. The summed E-state index contributed by atoms with van der Waals surface area (Å²) < 4.78 is 6.99. The van der Waals surface area contributed by atoms with E-state index in [-0.39, 0.29) is 6.04 Å². The number of nitrogens with zero attached hydrogens (tertiary/aromatic N) is 1. The first-order valence-corrected chi connectivity index (χ1v) is 8.39. The Bertz CT molecular complexity index is 579. The number of nitrogens with one attached hydrogen (secondary N) is 1. The van der Waals surface area contributed by atoms with Crippen LogP contribution in [0.3, 0.4) is 0 Å². The molecule has 1 aromatic carbocycles. The van der Waals surface area contributed by atoms with Gasteiger partial charge >= 0.3 is 0 Å². The molecule has 1 N–H and O–H groups in total. The molecule has 4 heteroatoms. The molecule has 0 bridgehead atoms. The second-order valence-corrected chi connectivity index (χ2v) is 6.85. The normalized spacial score (nSPS) is 13.5. The Morgan fingerprint density at radius 2 is 2.00 bits per heavy atom. The van der Waals surface area contributed by atoms with Crippen molar-refractivity contribution in [1.29, 1.82) is 0 Å². The molecule has 2 rings (SSSR count). The molecule has 0 saturated heterocycles. The molecule has 0 radical (unpaired) electrons. The van der Waals surface area contributed by atoms with Crippen molar-refractivity contribution in [2.75, 3.05) is 20.1 Å². The first-order chi connectivity index (χ1) is 9.97. The highest BCUT2D eigenvalue weighted by atomic mass is 79.9. The summed E-state index contributed by atoms with van der Waals surface area (Å²) in [5.74, 6) is 1.00. The van der Waals surface area contributed by atoms with Gasteiger partial charge in [-0.2, -0.15) is 0 Å². The van der Waals surface area contributed by atoms with Gasteiger partial charge < -0.3 is 14.6 Å². The summed E-state index contributed by atoms with van der Waals surface area (Å²) in [6, 6.07) is 9.07. The average Bonchev–Trinajstić information content (AvgIpc) is 2.85. The molecule has 21 heavy (non-hydrogen) atoms. The van der Waals surface area contributed by atoms with Crippen molar-refractivity contribution in [3.63, 3.8) is 0 Å². The van der Waals surface area contributed by atoms with E-state index in [1.807, 2.05) is 12.1 Å². The first kappa shape index (κ1) is 16.5. The maximum atomic E-state index is 5.91. The molecule has 0 aliphatic rings. The van der Waals surface area contributed by atoms with Crippen LogP contribution in [0.1, 0.15) is 39.0 Å². The van der Waals surface area contributed by atoms with E-state index in [0.29, 0.717) is 6.04 Å². The van der Waals surface area contributed by atoms with E-state index >= 15 is 0 Å². The van der Waals surface area contributed by atoms with E-state index in [1.54, 1.807) is 0 Å². The molecule has 0 aliphatic carbocycles. The summed E-state index contributed by atoms with van der Waals surface area (Å²) in [5.41, 5.74) is 0.946. The van der Waals surface area contributed by atoms with E-state index in [4.69, 9.17) is 4.42 Å². The lowest BCUT2D eigenvalue weighted by atomic mass is 10.2. The van der Waals surface area contributed by atoms with Gasteiger partial charge in [-0.05, 0) is 71.6 Å². The zero-order valence-electron chi connectivity index (χ0n) is 13.3. The second kappa shape index (κ2) is 7.43. The highest BCUT2D eigenvalue weighted by Crippen LogP contribution is 2.26. The smallest absolute Gasteiger partial charge is 0.134 e. The van der Waals surface area contributed by atoms with Crippen LogP contribution in [0.4, 0.5) is 0 Å². The SMILES string of the molecule is CC(NCCCN(C)C(C)C)c1cc2cc(Br)ccc2o1.